The lowest BCUT2D eigenvalue weighted by molar-refractivity contribution is 0.236. The van der Waals surface area contributed by atoms with Crippen molar-refractivity contribution in [1.29, 1.82) is 0 Å². The Morgan fingerprint density at radius 2 is 2.31 bits per heavy atom. The molecule has 0 unspecified atom stereocenters. The molecule has 1 aromatic heterocycles. The van der Waals surface area contributed by atoms with Gasteiger partial charge in [-0.15, -0.1) is 0 Å². The summed E-state index contributed by atoms with van der Waals surface area (Å²) in [5.41, 5.74) is 2.11. The van der Waals surface area contributed by atoms with Crippen molar-refractivity contribution in [3.8, 4) is 5.75 Å². The maximum absolute atomic E-state index is 11.8. The number of amidine groups is 1. The molecule has 0 radical (unpaired) electrons. The molecule has 0 spiro atoms. The van der Waals surface area contributed by atoms with Crippen molar-refractivity contribution >= 4 is 34.1 Å². The smallest absolute Gasteiger partial charge is 0.336 e. The van der Waals surface area contributed by atoms with Crippen molar-refractivity contribution in [2.24, 2.45) is 15.9 Å². The SMILES string of the molecule is CC=N/C(=N\N)SCCN1CCOc2ccc3c(C)cc(=O)oc3c2C1. The van der Waals surface area contributed by atoms with E-state index in [0.717, 1.165) is 41.1 Å². The van der Waals surface area contributed by atoms with Gasteiger partial charge in [0, 0.05) is 43.1 Å². The normalized spacial score (nSPS) is 15.8. The lowest BCUT2D eigenvalue weighted by atomic mass is 10.1. The Morgan fingerprint density at radius 3 is 3.08 bits per heavy atom. The quantitative estimate of drug-likeness (QED) is 0.291. The first kappa shape index (κ1) is 18.5. The van der Waals surface area contributed by atoms with E-state index in [-0.39, 0.29) is 5.63 Å². The second-order valence-corrected chi connectivity index (χ2v) is 7.00. The summed E-state index contributed by atoms with van der Waals surface area (Å²) in [6.07, 6.45) is 1.67. The minimum atomic E-state index is -0.337. The van der Waals surface area contributed by atoms with Crippen LogP contribution in [0.1, 0.15) is 18.1 Å². The van der Waals surface area contributed by atoms with E-state index in [2.05, 4.69) is 15.0 Å². The number of hydrazone groups is 1. The molecule has 1 aliphatic rings. The van der Waals surface area contributed by atoms with Crippen molar-refractivity contribution < 1.29 is 9.15 Å². The first-order chi connectivity index (χ1) is 12.6. The summed E-state index contributed by atoms with van der Waals surface area (Å²) in [5, 5.41) is 5.17. The van der Waals surface area contributed by atoms with E-state index in [9.17, 15) is 4.79 Å². The van der Waals surface area contributed by atoms with Gasteiger partial charge in [-0.3, -0.25) is 4.90 Å². The van der Waals surface area contributed by atoms with Crippen LogP contribution in [0.2, 0.25) is 0 Å². The zero-order chi connectivity index (χ0) is 18.5. The molecule has 0 amide bonds. The van der Waals surface area contributed by atoms with Crippen LogP contribution in [0.4, 0.5) is 0 Å². The van der Waals surface area contributed by atoms with Crippen LogP contribution < -0.4 is 16.2 Å². The zero-order valence-electron chi connectivity index (χ0n) is 14.9. The topological polar surface area (TPSA) is 93.4 Å². The molecule has 0 saturated heterocycles. The summed E-state index contributed by atoms with van der Waals surface area (Å²) >= 11 is 1.51. The molecule has 1 aliphatic heterocycles. The molecular formula is C18H22N4O3S. The molecule has 0 atom stereocenters. The molecular weight excluding hydrogens is 352 g/mol. The molecule has 1 aromatic carbocycles. The number of nitrogens with zero attached hydrogens (tertiary/aromatic N) is 3. The number of fused-ring (bicyclic) bond motifs is 3. The molecule has 2 N–H and O–H groups in total. The molecule has 26 heavy (non-hydrogen) atoms. The summed E-state index contributed by atoms with van der Waals surface area (Å²) < 4.78 is 11.4. The average Bonchev–Trinajstić information content (AvgIpc) is 2.83. The van der Waals surface area contributed by atoms with Gasteiger partial charge in [0.25, 0.3) is 0 Å². The molecule has 0 saturated carbocycles. The highest BCUT2D eigenvalue weighted by molar-refractivity contribution is 8.13. The number of hydrogen-bond acceptors (Lipinski definition) is 7. The van der Waals surface area contributed by atoms with Gasteiger partial charge in [0.15, 0.2) is 0 Å². The van der Waals surface area contributed by atoms with Gasteiger partial charge >= 0.3 is 5.63 Å². The molecule has 138 valence electrons. The first-order valence-electron chi connectivity index (χ1n) is 8.43. The summed E-state index contributed by atoms with van der Waals surface area (Å²) in [6.45, 7) is 6.60. The van der Waals surface area contributed by atoms with Gasteiger partial charge in [-0.2, -0.15) is 5.10 Å². The molecule has 7 nitrogen and oxygen atoms in total. The second kappa shape index (κ2) is 8.37. The predicted molar refractivity (Wildman–Crippen MR) is 106 cm³/mol. The van der Waals surface area contributed by atoms with Crippen LogP contribution in [-0.2, 0) is 6.54 Å². The minimum Gasteiger partial charge on any atom is -0.492 e. The van der Waals surface area contributed by atoms with Crippen molar-refractivity contribution in [2.75, 3.05) is 25.4 Å². The largest absolute Gasteiger partial charge is 0.492 e. The predicted octanol–water partition coefficient (Wildman–Crippen LogP) is 2.35. The molecule has 2 aromatic rings. The van der Waals surface area contributed by atoms with Crippen LogP contribution in [0.15, 0.2) is 37.5 Å². The molecule has 3 rings (SSSR count). The third kappa shape index (κ3) is 4.08. The van der Waals surface area contributed by atoms with E-state index in [1.54, 1.807) is 6.21 Å². The number of thioether (sulfide) groups is 1. The summed E-state index contributed by atoms with van der Waals surface area (Å²) in [5.74, 6) is 6.92. The summed E-state index contributed by atoms with van der Waals surface area (Å²) in [7, 11) is 0. The Labute approximate surface area is 155 Å². The molecule has 0 fully saturated rings. The van der Waals surface area contributed by atoms with E-state index < -0.39 is 0 Å². The van der Waals surface area contributed by atoms with E-state index in [1.165, 1.54) is 17.8 Å². The molecule has 0 aliphatic carbocycles. The Balaban J connectivity index is 1.81. The van der Waals surface area contributed by atoms with Crippen LogP contribution in [0.3, 0.4) is 0 Å². The number of aliphatic imine (C=N–C) groups is 1. The standard InChI is InChI=1S/C18H22N4O3S/c1-3-20-18(21-19)26-9-7-22-6-8-24-15-5-4-13-12(2)10-16(23)25-17(13)14(15)11-22/h3-5,10H,6-9,11,19H2,1-2H3/b20-3?,21-18+. The molecule has 8 heteroatoms. The number of rotatable bonds is 3. The van der Waals surface area contributed by atoms with Gasteiger partial charge in [0.2, 0.25) is 5.17 Å². The van der Waals surface area contributed by atoms with Crippen LogP contribution in [0.25, 0.3) is 11.0 Å². The fraction of sp³-hybridized carbons (Fsp3) is 0.389. The van der Waals surface area contributed by atoms with E-state index >= 15 is 0 Å². The third-order valence-corrected chi connectivity index (χ3v) is 5.07. The van der Waals surface area contributed by atoms with Crippen molar-refractivity contribution in [1.82, 2.24) is 4.90 Å². The Morgan fingerprint density at radius 1 is 1.46 bits per heavy atom. The maximum atomic E-state index is 11.8. The van der Waals surface area contributed by atoms with Crippen molar-refractivity contribution in [3.05, 3.63) is 39.7 Å². The lowest BCUT2D eigenvalue weighted by Crippen LogP contribution is -2.28. The minimum absolute atomic E-state index is 0.337. The number of ether oxygens (including phenoxy) is 1. The molecule has 2 heterocycles. The monoisotopic (exact) mass is 374 g/mol. The number of benzene rings is 1. The lowest BCUT2D eigenvalue weighted by Gasteiger charge is -2.19. The van der Waals surface area contributed by atoms with Crippen molar-refractivity contribution in [3.63, 3.8) is 0 Å². The maximum Gasteiger partial charge on any atom is 0.336 e. The van der Waals surface area contributed by atoms with Gasteiger partial charge in [0.05, 0.1) is 5.56 Å². The first-order valence-corrected chi connectivity index (χ1v) is 9.41. The van der Waals surface area contributed by atoms with Crippen LogP contribution in [0, 0.1) is 6.92 Å². The Bertz CT molecular complexity index is 907. The zero-order valence-corrected chi connectivity index (χ0v) is 15.7. The number of aryl methyl sites for hydroxylation is 1. The fourth-order valence-electron chi connectivity index (χ4n) is 2.97. The van der Waals surface area contributed by atoms with E-state index in [0.29, 0.717) is 23.9 Å². The van der Waals surface area contributed by atoms with Gasteiger partial charge < -0.3 is 15.0 Å². The van der Waals surface area contributed by atoms with Crippen LogP contribution >= 0.6 is 11.8 Å². The van der Waals surface area contributed by atoms with E-state index in [4.69, 9.17) is 15.0 Å². The number of nitrogens with two attached hydrogens (primary N) is 1. The van der Waals surface area contributed by atoms with Crippen LogP contribution in [0.5, 0.6) is 5.75 Å². The third-order valence-electron chi connectivity index (χ3n) is 4.21. The van der Waals surface area contributed by atoms with Gasteiger partial charge in [-0.1, -0.05) is 11.8 Å². The van der Waals surface area contributed by atoms with E-state index in [1.807, 2.05) is 26.0 Å². The molecule has 0 bridgehead atoms. The fourth-order valence-corrected chi connectivity index (χ4v) is 3.76. The Kier molecular flexibility index (Phi) is 5.95. The second-order valence-electron chi connectivity index (χ2n) is 5.94. The van der Waals surface area contributed by atoms with Gasteiger partial charge in [0.1, 0.15) is 17.9 Å². The average molecular weight is 374 g/mol. The van der Waals surface area contributed by atoms with Gasteiger partial charge in [-0.25, -0.2) is 9.79 Å². The summed E-state index contributed by atoms with van der Waals surface area (Å²) in [4.78, 5) is 18.2. The highest BCUT2D eigenvalue weighted by atomic mass is 32.2. The highest BCUT2D eigenvalue weighted by Gasteiger charge is 2.20. The Hall–Kier alpha value is -2.32. The van der Waals surface area contributed by atoms with Crippen LogP contribution in [-0.4, -0.2) is 41.7 Å². The van der Waals surface area contributed by atoms with Gasteiger partial charge in [-0.05, 0) is 31.5 Å². The summed E-state index contributed by atoms with van der Waals surface area (Å²) in [6, 6.07) is 5.42. The van der Waals surface area contributed by atoms with Crippen molar-refractivity contribution in [2.45, 2.75) is 20.4 Å². The highest BCUT2D eigenvalue weighted by Crippen LogP contribution is 2.31. The number of hydrogen-bond donors (Lipinski definition) is 1.